The summed E-state index contributed by atoms with van der Waals surface area (Å²) in [7, 11) is 0. The van der Waals surface area contributed by atoms with E-state index in [-0.39, 0.29) is 0 Å². The summed E-state index contributed by atoms with van der Waals surface area (Å²) < 4.78 is 4.13. The van der Waals surface area contributed by atoms with Crippen LogP contribution in [0.5, 0.6) is 0 Å². The molecule has 1 aliphatic heterocycles. The van der Waals surface area contributed by atoms with Gasteiger partial charge in [-0.3, -0.25) is 0 Å². The zero-order valence-electron chi connectivity index (χ0n) is 23.9. The van der Waals surface area contributed by atoms with E-state index in [2.05, 4.69) is 147 Å². The number of hydrazone groups is 1. The molecule has 0 amide bonds. The van der Waals surface area contributed by atoms with Crippen molar-refractivity contribution in [3.63, 3.8) is 0 Å². The minimum absolute atomic E-state index is 0.467. The predicted octanol–water partition coefficient (Wildman–Crippen LogP) is 8.37. The molecular formula is C36H28Br2N5P. The first-order valence-electron chi connectivity index (χ1n) is 14.3. The molecule has 0 radical (unpaired) electrons. The van der Waals surface area contributed by atoms with Crippen molar-refractivity contribution in [1.82, 2.24) is 15.2 Å². The summed E-state index contributed by atoms with van der Waals surface area (Å²) in [5, 5.41) is 18.7. The quantitative estimate of drug-likeness (QED) is 0.162. The summed E-state index contributed by atoms with van der Waals surface area (Å²) in [5.74, 6) is 0.467. The molecule has 0 aliphatic carbocycles. The van der Waals surface area contributed by atoms with Gasteiger partial charge in [-0.25, -0.2) is 0 Å². The molecule has 1 aromatic heterocycles. The summed E-state index contributed by atoms with van der Waals surface area (Å²) in [6.07, 6.45) is 0.731. The number of nitrogens with zero attached hydrogens (tertiary/aromatic N) is 5. The molecule has 7 rings (SSSR count). The standard InChI is InChI=1S/C36H28Br2N5P/c1-26-25-44(31-11-5-2-6-12-31,32-13-7-3-8-14-32,33-15-9-4-10-16-33)43(42-26)36-39-34(27-17-21-29(37)22-18-27)35(40-41-36)28-19-23-30(38)24-20-28/h2-24H,25H2,1H3. The van der Waals surface area contributed by atoms with Crippen molar-refractivity contribution < 1.29 is 0 Å². The van der Waals surface area contributed by atoms with Crippen LogP contribution >= 0.6 is 38.6 Å². The molecule has 8 heteroatoms. The van der Waals surface area contributed by atoms with Crippen LogP contribution in [0.25, 0.3) is 22.5 Å². The Bertz CT molecular complexity index is 1870. The first-order valence-corrected chi connectivity index (χ1v) is 18.2. The Balaban J connectivity index is 1.57. The van der Waals surface area contributed by atoms with E-state index >= 15 is 0 Å². The van der Waals surface area contributed by atoms with Crippen molar-refractivity contribution in [2.24, 2.45) is 5.10 Å². The first kappa shape index (κ1) is 28.7. The van der Waals surface area contributed by atoms with Gasteiger partial charge in [-0.2, -0.15) is 0 Å². The summed E-state index contributed by atoms with van der Waals surface area (Å²) in [6.45, 7) is -1.46. The van der Waals surface area contributed by atoms with E-state index in [4.69, 9.17) is 20.3 Å². The predicted molar refractivity (Wildman–Crippen MR) is 192 cm³/mol. The molecule has 0 atom stereocenters. The van der Waals surface area contributed by atoms with E-state index in [1.807, 2.05) is 36.4 Å². The van der Waals surface area contributed by atoms with Crippen LogP contribution in [0.3, 0.4) is 0 Å². The third-order valence-corrected chi connectivity index (χ3v) is 15.7. The molecule has 1 aliphatic rings. The van der Waals surface area contributed by atoms with E-state index in [1.165, 1.54) is 15.9 Å². The summed E-state index contributed by atoms with van der Waals surface area (Å²) in [5.41, 5.74) is 4.36. The second kappa shape index (κ2) is 11.5. The maximum absolute atomic E-state index is 5.36. The fraction of sp³-hybridized carbons (Fsp3) is 0.0556. The van der Waals surface area contributed by atoms with Crippen LogP contribution in [0.2, 0.25) is 0 Å². The summed E-state index contributed by atoms with van der Waals surface area (Å²) in [6, 6.07) is 48.6. The zero-order chi connectivity index (χ0) is 30.2. The number of aromatic nitrogens is 3. The molecule has 0 bridgehead atoms. The van der Waals surface area contributed by atoms with Crippen LogP contribution in [-0.4, -0.2) is 27.1 Å². The van der Waals surface area contributed by atoms with Gasteiger partial charge in [-0.05, 0) is 0 Å². The van der Waals surface area contributed by atoms with Crippen molar-refractivity contribution >= 4 is 66.2 Å². The van der Waals surface area contributed by atoms with Crippen LogP contribution in [0.15, 0.2) is 154 Å². The molecule has 0 fully saturated rings. The molecule has 0 spiro atoms. The molecule has 0 saturated carbocycles. The van der Waals surface area contributed by atoms with Gasteiger partial charge in [0.15, 0.2) is 0 Å². The molecular weight excluding hydrogens is 693 g/mol. The molecule has 44 heavy (non-hydrogen) atoms. The Hall–Kier alpha value is -4.03. The van der Waals surface area contributed by atoms with Crippen molar-refractivity contribution in [1.29, 1.82) is 0 Å². The van der Waals surface area contributed by atoms with E-state index in [1.54, 1.807) is 0 Å². The Morgan fingerprint density at radius 2 is 0.977 bits per heavy atom. The van der Waals surface area contributed by atoms with Gasteiger partial charge in [0.25, 0.3) is 0 Å². The van der Waals surface area contributed by atoms with Gasteiger partial charge in [0, 0.05) is 0 Å². The number of hydrogen-bond donors (Lipinski definition) is 0. The molecule has 5 nitrogen and oxygen atoms in total. The van der Waals surface area contributed by atoms with Gasteiger partial charge in [0.2, 0.25) is 0 Å². The monoisotopic (exact) mass is 719 g/mol. The van der Waals surface area contributed by atoms with Gasteiger partial charge < -0.3 is 0 Å². The molecule has 6 aromatic rings. The number of anilines is 1. The number of benzene rings is 5. The molecule has 0 saturated heterocycles. The van der Waals surface area contributed by atoms with Crippen molar-refractivity contribution in [2.75, 3.05) is 10.9 Å². The van der Waals surface area contributed by atoms with Crippen LogP contribution in [-0.2, 0) is 0 Å². The Morgan fingerprint density at radius 1 is 0.545 bits per heavy atom. The summed E-state index contributed by atoms with van der Waals surface area (Å²) >= 11 is 7.15. The third kappa shape index (κ3) is 4.54. The maximum atomic E-state index is 5.36. The zero-order valence-corrected chi connectivity index (χ0v) is 28.0. The van der Waals surface area contributed by atoms with Crippen molar-refractivity contribution in [3.8, 4) is 22.5 Å². The first-order chi connectivity index (χ1) is 21.5. The van der Waals surface area contributed by atoms with Crippen LogP contribution in [0.4, 0.5) is 5.95 Å². The molecule has 2 heterocycles. The topological polar surface area (TPSA) is 54.3 Å². The van der Waals surface area contributed by atoms with Gasteiger partial charge in [-0.1, -0.05) is 0 Å². The second-order valence-corrected chi connectivity index (χ2v) is 17.4. The van der Waals surface area contributed by atoms with Crippen LogP contribution in [0, 0.1) is 0 Å². The van der Waals surface area contributed by atoms with Gasteiger partial charge >= 0.3 is 275 Å². The normalized spacial score (nSPS) is 16.1. The number of rotatable bonds is 6. The average Bonchev–Trinajstić information content (AvgIpc) is 3.42. The van der Waals surface area contributed by atoms with Gasteiger partial charge in [-0.15, -0.1) is 0 Å². The van der Waals surface area contributed by atoms with Gasteiger partial charge in [0.05, 0.1) is 0 Å². The SMILES string of the molecule is CC1=NN(c2nnc(-c3ccc(Br)cc3)c(-c3ccc(Br)cc3)n2)P(c2ccccc2)(c2ccccc2)(c2ccccc2)C1. The Kier molecular flexibility index (Phi) is 7.49. The number of hydrogen-bond acceptors (Lipinski definition) is 5. The van der Waals surface area contributed by atoms with Crippen LogP contribution < -0.4 is 20.7 Å². The molecule has 0 unspecified atom stereocenters. The number of halogens is 2. The molecule has 216 valence electrons. The van der Waals surface area contributed by atoms with E-state index in [9.17, 15) is 0 Å². The Morgan fingerprint density at radius 3 is 1.43 bits per heavy atom. The van der Waals surface area contributed by atoms with Gasteiger partial charge in [0.1, 0.15) is 0 Å². The van der Waals surface area contributed by atoms with E-state index in [0.29, 0.717) is 11.6 Å². The Labute approximate surface area is 274 Å². The third-order valence-electron chi connectivity index (χ3n) is 8.25. The average molecular weight is 721 g/mol. The second-order valence-electron chi connectivity index (χ2n) is 10.9. The fourth-order valence-corrected chi connectivity index (χ4v) is 13.3. The minimum atomic E-state index is -3.57. The van der Waals surface area contributed by atoms with Crippen LogP contribution in [0.1, 0.15) is 6.92 Å². The molecule has 5 aromatic carbocycles. The van der Waals surface area contributed by atoms with Crippen molar-refractivity contribution in [3.05, 3.63) is 148 Å². The fourth-order valence-electron chi connectivity index (χ4n) is 6.36. The van der Waals surface area contributed by atoms with E-state index in [0.717, 1.165) is 37.6 Å². The van der Waals surface area contributed by atoms with Crippen molar-refractivity contribution in [2.45, 2.75) is 6.92 Å². The van der Waals surface area contributed by atoms with E-state index < -0.39 is 6.75 Å². The summed E-state index contributed by atoms with van der Waals surface area (Å²) in [4.78, 5) is 5.36. The molecule has 0 N–H and O–H groups in total.